The SMILES string of the molecule is COc1ccc(OC)c(-c2ccc3[nH]c(C(=O)N4CCc5cc(OC)c(OC)cc5C4)cc3c2)c1. The summed E-state index contributed by atoms with van der Waals surface area (Å²) in [7, 11) is 6.55. The first-order valence-corrected chi connectivity index (χ1v) is 11.4. The van der Waals surface area contributed by atoms with Crippen molar-refractivity contribution in [3.8, 4) is 34.1 Å². The third-order valence-corrected chi connectivity index (χ3v) is 6.57. The van der Waals surface area contributed by atoms with E-state index < -0.39 is 0 Å². The second kappa shape index (κ2) is 9.25. The number of benzene rings is 3. The molecule has 1 aliphatic heterocycles. The second-order valence-electron chi connectivity index (χ2n) is 8.50. The van der Waals surface area contributed by atoms with Gasteiger partial charge in [0.05, 0.1) is 28.4 Å². The summed E-state index contributed by atoms with van der Waals surface area (Å²) in [4.78, 5) is 18.6. The topological polar surface area (TPSA) is 73.0 Å². The number of hydrogen-bond acceptors (Lipinski definition) is 5. The highest BCUT2D eigenvalue weighted by atomic mass is 16.5. The van der Waals surface area contributed by atoms with Crippen LogP contribution in [-0.2, 0) is 13.0 Å². The highest BCUT2D eigenvalue weighted by molar-refractivity contribution is 5.99. The normalized spacial score (nSPS) is 12.9. The van der Waals surface area contributed by atoms with Crippen molar-refractivity contribution in [2.45, 2.75) is 13.0 Å². The fourth-order valence-electron chi connectivity index (χ4n) is 4.68. The van der Waals surface area contributed by atoms with Crippen LogP contribution in [0.15, 0.2) is 54.6 Å². The van der Waals surface area contributed by atoms with E-state index in [-0.39, 0.29) is 5.91 Å². The third kappa shape index (κ3) is 4.14. The number of rotatable bonds is 6. The van der Waals surface area contributed by atoms with Crippen LogP contribution in [0.25, 0.3) is 22.0 Å². The van der Waals surface area contributed by atoms with E-state index >= 15 is 0 Å². The monoisotopic (exact) mass is 472 g/mol. The number of aromatic amines is 1. The van der Waals surface area contributed by atoms with E-state index in [1.165, 1.54) is 5.56 Å². The Bertz CT molecular complexity index is 1410. The molecule has 180 valence electrons. The zero-order chi connectivity index (χ0) is 24.5. The number of nitrogens with zero attached hydrogens (tertiary/aromatic N) is 1. The van der Waals surface area contributed by atoms with Gasteiger partial charge in [-0.3, -0.25) is 4.79 Å². The Kier molecular flexibility index (Phi) is 5.99. The summed E-state index contributed by atoms with van der Waals surface area (Å²) in [5, 5.41) is 0.958. The van der Waals surface area contributed by atoms with Crippen LogP contribution >= 0.6 is 0 Å². The molecule has 0 saturated heterocycles. The molecule has 7 heteroatoms. The van der Waals surface area contributed by atoms with E-state index in [9.17, 15) is 4.79 Å². The van der Waals surface area contributed by atoms with E-state index in [0.29, 0.717) is 30.3 Å². The van der Waals surface area contributed by atoms with E-state index in [1.54, 1.807) is 28.4 Å². The number of methoxy groups -OCH3 is 4. The van der Waals surface area contributed by atoms with E-state index in [2.05, 4.69) is 11.1 Å². The molecule has 7 nitrogen and oxygen atoms in total. The molecule has 0 spiro atoms. The number of carbonyl (C=O) groups excluding carboxylic acids is 1. The molecule has 0 radical (unpaired) electrons. The minimum absolute atomic E-state index is 0.0258. The van der Waals surface area contributed by atoms with E-state index in [0.717, 1.165) is 45.5 Å². The number of H-pyrrole nitrogens is 1. The van der Waals surface area contributed by atoms with Gasteiger partial charge >= 0.3 is 0 Å². The molecule has 1 aromatic heterocycles. The van der Waals surface area contributed by atoms with Gasteiger partial charge in [0.1, 0.15) is 17.2 Å². The lowest BCUT2D eigenvalue weighted by atomic mass is 9.98. The Morgan fingerprint density at radius 2 is 1.54 bits per heavy atom. The molecule has 35 heavy (non-hydrogen) atoms. The van der Waals surface area contributed by atoms with Gasteiger partial charge in [-0.2, -0.15) is 0 Å². The number of carbonyl (C=O) groups is 1. The highest BCUT2D eigenvalue weighted by Gasteiger charge is 2.25. The quantitative estimate of drug-likeness (QED) is 0.424. The van der Waals surface area contributed by atoms with Gasteiger partial charge in [-0.05, 0) is 71.6 Å². The molecule has 0 atom stereocenters. The van der Waals surface area contributed by atoms with Crippen LogP contribution < -0.4 is 18.9 Å². The molecule has 0 aliphatic carbocycles. The molecule has 5 rings (SSSR count). The van der Waals surface area contributed by atoms with Crippen molar-refractivity contribution in [3.05, 3.63) is 71.4 Å². The molecular weight excluding hydrogens is 444 g/mol. The first-order valence-electron chi connectivity index (χ1n) is 11.4. The lowest BCUT2D eigenvalue weighted by Crippen LogP contribution is -2.36. The molecular formula is C28H28N2O5. The van der Waals surface area contributed by atoms with Gasteiger partial charge in [0.2, 0.25) is 0 Å². The van der Waals surface area contributed by atoms with Crippen LogP contribution in [0.1, 0.15) is 21.6 Å². The van der Waals surface area contributed by atoms with Crippen LogP contribution in [0.3, 0.4) is 0 Å². The zero-order valence-electron chi connectivity index (χ0n) is 20.3. The summed E-state index contributed by atoms with van der Waals surface area (Å²) in [6.07, 6.45) is 0.765. The summed E-state index contributed by atoms with van der Waals surface area (Å²) < 4.78 is 21.8. The molecule has 0 saturated carbocycles. The maximum absolute atomic E-state index is 13.4. The predicted octanol–water partition coefficient (Wildman–Crippen LogP) is 5.07. The average Bonchev–Trinajstić information content (AvgIpc) is 3.34. The number of aromatic nitrogens is 1. The number of hydrogen-bond donors (Lipinski definition) is 1. The van der Waals surface area contributed by atoms with Gasteiger partial charge in [0, 0.05) is 29.6 Å². The maximum Gasteiger partial charge on any atom is 0.270 e. The van der Waals surface area contributed by atoms with Crippen molar-refractivity contribution in [2.75, 3.05) is 35.0 Å². The molecule has 1 amide bonds. The van der Waals surface area contributed by atoms with Gasteiger partial charge in [0.25, 0.3) is 5.91 Å². The average molecular weight is 473 g/mol. The van der Waals surface area contributed by atoms with Gasteiger partial charge in [-0.25, -0.2) is 0 Å². The molecule has 0 unspecified atom stereocenters. The fraction of sp³-hybridized carbons (Fsp3) is 0.250. The summed E-state index contributed by atoms with van der Waals surface area (Å²) in [5.74, 6) is 2.88. The Morgan fingerprint density at radius 3 is 2.26 bits per heavy atom. The first-order chi connectivity index (χ1) is 17.0. The second-order valence-corrected chi connectivity index (χ2v) is 8.50. The minimum atomic E-state index is -0.0258. The first kappa shape index (κ1) is 22.7. The largest absolute Gasteiger partial charge is 0.497 e. The maximum atomic E-state index is 13.4. The third-order valence-electron chi connectivity index (χ3n) is 6.57. The predicted molar refractivity (Wildman–Crippen MR) is 135 cm³/mol. The van der Waals surface area contributed by atoms with Crippen LogP contribution in [0.4, 0.5) is 0 Å². The molecule has 0 bridgehead atoms. The van der Waals surface area contributed by atoms with Gasteiger partial charge in [0.15, 0.2) is 11.5 Å². The van der Waals surface area contributed by atoms with Crippen molar-refractivity contribution in [3.63, 3.8) is 0 Å². The summed E-state index contributed by atoms with van der Waals surface area (Å²) in [6.45, 7) is 1.17. The molecule has 0 fully saturated rings. The zero-order valence-corrected chi connectivity index (χ0v) is 20.3. The standard InChI is InChI=1S/C28H28N2O5/c1-32-21-6-8-25(33-2)22(15-21)18-5-7-23-19(11-18)12-24(29-23)28(31)30-10-9-17-13-26(34-3)27(35-4)14-20(17)16-30/h5-8,11-15,29H,9-10,16H2,1-4H3. The Morgan fingerprint density at radius 1 is 0.800 bits per heavy atom. The number of fused-ring (bicyclic) bond motifs is 2. The lowest BCUT2D eigenvalue weighted by molar-refractivity contribution is 0.0729. The van der Waals surface area contributed by atoms with Crippen LogP contribution in [-0.4, -0.2) is 50.8 Å². The Labute approximate surface area is 204 Å². The van der Waals surface area contributed by atoms with E-state index in [4.69, 9.17) is 18.9 Å². The Hall–Kier alpha value is -4.13. The fourth-order valence-corrected chi connectivity index (χ4v) is 4.68. The van der Waals surface area contributed by atoms with Crippen LogP contribution in [0.2, 0.25) is 0 Å². The molecule has 3 aromatic carbocycles. The van der Waals surface area contributed by atoms with Crippen molar-refractivity contribution in [1.29, 1.82) is 0 Å². The summed E-state index contributed by atoms with van der Waals surface area (Å²) in [6, 6.07) is 17.7. The summed E-state index contributed by atoms with van der Waals surface area (Å²) in [5.41, 5.74) is 5.64. The van der Waals surface area contributed by atoms with Crippen molar-refractivity contribution in [2.24, 2.45) is 0 Å². The van der Waals surface area contributed by atoms with Gasteiger partial charge < -0.3 is 28.8 Å². The van der Waals surface area contributed by atoms with Crippen molar-refractivity contribution in [1.82, 2.24) is 9.88 Å². The molecule has 1 aliphatic rings. The van der Waals surface area contributed by atoms with Crippen LogP contribution in [0, 0.1) is 0 Å². The van der Waals surface area contributed by atoms with Gasteiger partial charge in [-0.1, -0.05) is 6.07 Å². The number of amides is 1. The molecule has 1 N–H and O–H groups in total. The van der Waals surface area contributed by atoms with E-state index in [1.807, 2.05) is 53.4 Å². The summed E-state index contributed by atoms with van der Waals surface area (Å²) >= 11 is 0. The Balaban J connectivity index is 1.43. The number of nitrogens with one attached hydrogen (secondary N) is 1. The van der Waals surface area contributed by atoms with Crippen molar-refractivity contribution < 1.29 is 23.7 Å². The number of ether oxygens (including phenoxy) is 4. The highest BCUT2D eigenvalue weighted by Crippen LogP contribution is 2.36. The van der Waals surface area contributed by atoms with Gasteiger partial charge in [-0.15, -0.1) is 0 Å². The minimum Gasteiger partial charge on any atom is -0.497 e. The smallest absolute Gasteiger partial charge is 0.270 e. The molecule has 4 aromatic rings. The lowest BCUT2D eigenvalue weighted by Gasteiger charge is -2.29. The molecule has 2 heterocycles. The van der Waals surface area contributed by atoms with Crippen LogP contribution in [0.5, 0.6) is 23.0 Å². The van der Waals surface area contributed by atoms with Crippen molar-refractivity contribution >= 4 is 16.8 Å².